The zero-order valence-corrected chi connectivity index (χ0v) is 11.6. The average Bonchev–Trinajstić information content (AvgIpc) is 2.53. The van der Waals surface area contributed by atoms with Crippen LogP contribution in [0.5, 0.6) is 0 Å². The summed E-state index contributed by atoms with van der Waals surface area (Å²) in [5, 5.41) is 12.7. The van der Waals surface area contributed by atoms with E-state index in [1.807, 2.05) is 42.5 Å². The van der Waals surface area contributed by atoms with E-state index in [1.54, 1.807) is 6.20 Å². The quantitative estimate of drug-likeness (QED) is 0.735. The van der Waals surface area contributed by atoms with Crippen molar-refractivity contribution in [3.05, 3.63) is 66.4 Å². The fraction of sp³-hybridized carbons (Fsp3) is 0.125. The van der Waals surface area contributed by atoms with E-state index in [0.717, 1.165) is 22.2 Å². The number of benzene rings is 2. The zero-order valence-electron chi connectivity index (χ0n) is 10.8. The highest BCUT2D eigenvalue weighted by molar-refractivity contribution is 6.18. The van der Waals surface area contributed by atoms with Crippen molar-refractivity contribution in [2.75, 3.05) is 11.2 Å². The Kier molecular flexibility index (Phi) is 3.79. The molecule has 1 aromatic heterocycles. The van der Waals surface area contributed by atoms with Crippen molar-refractivity contribution in [1.82, 2.24) is 10.2 Å². The van der Waals surface area contributed by atoms with Crippen molar-refractivity contribution in [2.24, 2.45) is 0 Å². The molecule has 4 heteroatoms. The molecule has 100 valence electrons. The molecular weight excluding hydrogens is 270 g/mol. The summed E-state index contributed by atoms with van der Waals surface area (Å²) in [5.74, 6) is 0.487. The van der Waals surface area contributed by atoms with Crippen molar-refractivity contribution < 1.29 is 0 Å². The van der Waals surface area contributed by atoms with Gasteiger partial charge in [0.05, 0.1) is 23.4 Å². The molecule has 0 radical (unpaired) electrons. The third kappa shape index (κ3) is 2.58. The smallest absolute Gasteiger partial charge is 0.0950 e. The van der Waals surface area contributed by atoms with Crippen LogP contribution < -0.4 is 5.32 Å². The van der Waals surface area contributed by atoms with Gasteiger partial charge in [0.25, 0.3) is 0 Å². The van der Waals surface area contributed by atoms with E-state index in [9.17, 15) is 0 Å². The van der Waals surface area contributed by atoms with Gasteiger partial charge in [-0.2, -0.15) is 10.2 Å². The summed E-state index contributed by atoms with van der Waals surface area (Å²) in [6, 6.07) is 18.1. The minimum Gasteiger partial charge on any atom is -0.375 e. The summed E-state index contributed by atoms with van der Waals surface area (Å²) < 4.78 is 0. The van der Waals surface area contributed by atoms with Gasteiger partial charge in [-0.3, -0.25) is 0 Å². The lowest BCUT2D eigenvalue weighted by atomic mass is 10.1. The molecule has 3 nitrogen and oxygen atoms in total. The number of halogens is 1. The molecule has 1 N–H and O–H groups in total. The molecule has 0 spiro atoms. The molecule has 1 atom stereocenters. The van der Waals surface area contributed by atoms with Gasteiger partial charge >= 0.3 is 0 Å². The number of nitrogens with one attached hydrogen (secondary N) is 1. The van der Waals surface area contributed by atoms with Crippen LogP contribution in [-0.2, 0) is 0 Å². The number of aromatic nitrogens is 2. The first-order valence-corrected chi connectivity index (χ1v) is 7.00. The van der Waals surface area contributed by atoms with Crippen molar-refractivity contribution >= 4 is 28.2 Å². The number of anilines is 1. The molecule has 0 saturated heterocycles. The van der Waals surface area contributed by atoms with E-state index in [1.165, 1.54) is 0 Å². The summed E-state index contributed by atoms with van der Waals surface area (Å²) in [7, 11) is 0. The van der Waals surface area contributed by atoms with Crippen molar-refractivity contribution in [3.63, 3.8) is 0 Å². The number of hydrogen-bond donors (Lipinski definition) is 1. The standard InChI is InChI=1S/C16H14ClN3/c17-10-15(12-6-2-1-3-7-12)19-16-11-18-20-14-9-5-4-8-13(14)16/h1-9,11,15H,10H2,(H,19,20). The fourth-order valence-electron chi connectivity index (χ4n) is 2.21. The second-order valence-electron chi connectivity index (χ2n) is 4.54. The summed E-state index contributed by atoms with van der Waals surface area (Å²) in [4.78, 5) is 0. The van der Waals surface area contributed by atoms with Crippen LogP contribution >= 0.6 is 11.6 Å². The normalized spacial score (nSPS) is 12.2. The van der Waals surface area contributed by atoms with Crippen LogP contribution in [0, 0.1) is 0 Å². The molecule has 0 aliphatic carbocycles. The van der Waals surface area contributed by atoms with Gasteiger partial charge in [-0.05, 0) is 11.6 Å². The van der Waals surface area contributed by atoms with E-state index in [-0.39, 0.29) is 6.04 Å². The van der Waals surface area contributed by atoms with E-state index in [0.29, 0.717) is 5.88 Å². The summed E-state index contributed by atoms with van der Waals surface area (Å²) in [6.07, 6.45) is 1.74. The average molecular weight is 284 g/mol. The van der Waals surface area contributed by atoms with Gasteiger partial charge < -0.3 is 5.32 Å². The Morgan fingerprint density at radius 3 is 2.55 bits per heavy atom. The van der Waals surface area contributed by atoms with Gasteiger partial charge in [0.2, 0.25) is 0 Å². The monoisotopic (exact) mass is 283 g/mol. The highest BCUT2D eigenvalue weighted by atomic mass is 35.5. The van der Waals surface area contributed by atoms with Gasteiger partial charge in [0.1, 0.15) is 0 Å². The van der Waals surface area contributed by atoms with Crippen LogP contribution in [0.4, 0.5) is 5.69 Å². The highest BCUT2D eigenvalue weighted by Crippen LogP contribution is 2.25. The van der Waals surface area contributed by atoms with Crippen molar-refractivity contribution in [1.29, 1.82) is 0 Å². The highest BCUT2D eigenvalue weighted by Gasteiger charge is 2.11. The van der Waals surface area contributed by atoms with Crippen molar-refractivity contribution in [3.8, 4) is 0 Å². The number of fused-ring (bicyclic) bond motifs is 1. The lowest BCUT2D eigenvalue weighted by molar-refractivity contribution is 0.891. The van der Waals surface area contributed by atoms with E-state index < -0.39 is 0 Å². The van der Waals surface area contributed by atoms with Gasteiger partial charge in [-0.15, -0.1) is 11.6 Å². The Bertz CT molecular complexity index is 695. The zero-order chi connectivity index (χ0) is 13.8. The van der Waals surface area contributed by atoms with E-state index in [4.69, 9.17) is 11.6 Å². The summed E-state index contributed by atoms with van der Waals surface area (Å²) in [6.45, 7) is 0. The molecule has 0 bridgehead atoms. The van der Waals surface area contributed by atoms with Gasteiger partial charge in [0, 0.05) is 11.3 Å². The lowest BCUT2D eigenvalue weighted by Crippen LogP contribution is -2.12. The lowest BCUT2D eigenvalue weighted by Gasteiger charge is -2.18. The Labute approximate surface area is 122 Å². The number of hydrogen-bond acceptors (Lipinski definition) is 3. The Balaban J connectivity index is 1.96. The van der Waals surface area contributed by atoms with Crippen LogP contribution in [0.1, 0.15) is 11.6 Å². The first kappa shape index (κ1) is 12.9. The molecule has 20 heavy (non-hydrogen) atoms. The Hall–Kier alpha value is -2.13. The molecule has 2 aromatic carbocycles. The second-order valence-corrected chi connectivity index (χ2v) is 4.85. The molecule has 0 saturated carbocycles. The molecule has 0 aliphatic rings. The summed E-state index contributed by atoms with van der Waals surface area (Å²) >= 11 is 6.10. The minimum absolute atomic E-state index is 0.0467. The third-order valence-electron chi connectivity index (χ3n) is 3.23. The van der Waals surface area contributed by atoms with Crippen LogP contribution in [-0.4, -0.2) is 16.1 Å². The number of alkyl halides is 1. The van der Waals surface area contributed by atoms with Gasteiger partial charge in [-0.1, -0.05) is 48.5 Å². The first-order chi connectivity index (χ1) is 9.88. The molecule has 3 rings (SSSR count). The number of nitrogens with zero attached hydrogens (tertiary/aromatic N) is 2. The maximum atomic E-state index is 6.10. The molecule has 0 aliphatic heterocycles. The van der Waals surface area contributed by atoms with Crippen LogP contribution in [0.2, 0.25) is 0 Å². The fourth-order valence-corrected chi connectivity index (χ4v) is 2.46. The van der Waals surface area contributed by atoms with E-state index in [2.05, 4.69) is 27.6 Å². The van der Waals surface area contributed by atoms with Crippen LogP contribution in [0.25, 0.3) is 10.9 Å². The summed E-state index contributed by atoms with van der Waals surface area (Å²) in [5.41, 5.74) is 2.98. The molecular formula is C16H14ClN3. The van der Waals surface area contributed by atoms with Crippen LogP contribution in [0.15, 0.2) is 60.8 Å². The van der Waals surface area contributed by atoms with Crippen molar-refractivity contribution in [2.45, 2.75) is 6.04 Å². The Morgan fingerprint density at radius 2 is 1.75 bits per heavy atom. The van der Waals surface area contributed by atoms with E-state index >= 15 is 0 Å². The molecule has 1 heterocycles. The largest absolute Gasteiger partial charge is 0.375 e. The minimum atomic E-state index is 0.0467. The van der Waals surface area contributed by atoms with Gasteiger partial charge in [-0.25, -0.2) is 0 Å². The molecule has 1 unspecified atom stereocenters. The third-order valence-corrected chi connectivity index (χ3v) is 3.54. The maximum Gasteiger partial charge on any atom is 0.0950 e. The topological polar surface area (TPSA) is 37.8 Å². The molecule has 3 aromatic rings. The molecule has 0 fully saturated rings. The Morgan fingerprint density at radius 1 is 1.00 bits per heavy atom. The molecule has 0 amide bonds. The predicted molar refractivity (Wildman–Crippen MR) is 83.1 cm³/mol. The predicted octanol–water partition coefficient (Wildman–Crippen LogP) is 4.02. The van der Waals surface area contributed by atoms with Gasteiger partial charge in [0.15, 0.2) is 0 Å². The SMILES string of the molecule is ClCC(Nc1cnnc2ccccc12)c1ccccc1. The number of rotatable bonds is 4. The second kappa shape index (κ2) is 5.88. The maximum absolute atomic E-state index is 6.10. The van der Waals surface area contributed by atoms with Crippen LogP contribution in [0.3, 0.4) is 0 Å². The first-order valence-electron chi connectivity index (χ1n) is 6.46.